The number of hydrogen-bond donors (Lipinski definition) is 0. The minimum atomic E-state index is -0.761. The van der Waals surface area contributed by atoms with E-state index in [4.69, 9.17) is 19.0 Å². The van der Waals surface area contributed by atoms with Gasteiger partial charge in [0.15, 0.2) is 5.75 Å². The van der Waals surface area contributed by atoms with E-state index in [2.05, 4.69) is 14.9 Å². The fourth-order valence-corrected chi connectivity index (χ4v) is 1.91. The zero-order valence-electron chi connectivity index (χ0n) is 12.2. The lowest BCUT2D eigenvalue weighted by atomic mass is 10.1. The number of oxime groups is 1. The van der Waals surface area contributed by atoms with E-state index in [0.29, 0.717) is 28.8 Å². The second-order valence-electron chi connectivity index (χ2n) is 4.12. The van der Waals surface area contributed by atoms with Gasteiger partial charge < -0.3 is 23.8 Å². The first-order valence-corrected chi connectivity index (χ1v) is 6.12. The number of rotatable bonds is 5. The van der Waals surface area contributed by atoms with Crippen molar-refractivity contribution >= 4 is 11.7 Å². The zero-order valence-corrected chi connectivity index (χ0v) is 12.2. The Kier molecular flexibility index (Phi) is 4.46. The summed E-state index contributed by atoms with van der Waals surface area (Å²) in [6.07, 6.45) is -0.497. The van der Waals surface area contributed by atoms with Crippen molar-refractivity contribution in [2.75, 3.05) is 28.4 Å². The van der Waals surface area contributed by atoms with Crippen molar-refractivity contribution in [1.29, 1.82) is 0 Å². The monoisotopic (exact) mass is 296 g/mol. The number of hydrogen-bond acceptors (Lipinski definition) is 8. The average Bonchev–Trinajstić information content (AvgIpc) is 3.02. The smallest absolute Gasteiger partial charge is 0.350 e. The van der Waals surface area contributed by atoms with Gasteiger partial charge in [-0.05, 0) is 0 Å². The first kappa shape index (κ1) is 14.9. The number of esters is 1. The van der Waals surface area contributed by atoms with Crippen LogP contribution < -0.4 is 14.2 Å². The van der Waals surface area contributed by atoms with Crippen LogP contribution >= 0.6 is 0 Å². The molecule has 0 saturated carbocycles. The van der Waals surface area contributed by atoms with E-state index in [0.717, 1.165) is 0 Å². The van der Waals surface area contributed by atoms with Gasteiger partial charge in [-0.25, -0.2) is 4.79 Å². The summed E-state index contributed by atoms with van der Waals surface area (Å²) in [6.45, 7) is 0. The Morgan fingerprint density at radius 3 is 2.48 bits per heavy atom. The predicted octanol–water partition coefficient (Wildman–Crippen LogP) is 0.773. The third-order valence-electron chi connectivity index (χ3n) is 2.97. The maximum atomic E-state index is 11.5. The highest BCUT2D eigenvalue weighted by atomic mass is 16.7. The Balaban J connectivity index is 2.34. The van der Waals surface area contributed by atoms with Crippen LogP contribution in [0.5, 0.6) is 17.5 Å². The van der Waals surface area contributed by atoms with Crippen LogP contribution in [-0.4, -0.2) is 51.2 Å². The van der Waals surface area contributed by atoms with Gasteiger partial charge in [0, 0.05) is 12.5 Å². The summed E-state index contributed by atoms with van der Waals surface area (Å²) in [4.78, 5) is 20.7. The van der Waals surface area contributed by atoms with Gasteiger partial charge in [0.1, 0.15) is 0 Å². The molecule has 0 saturated heterocycles. The molecule has 0 spiro atoms. The van der Waals surface area contributed by atoms with Crippen molar-refractivity contribution in [1.82, 2.24) is 4.98 Å². The minimum Gasteiger partial charge on any atom is -0.491 e. The summed E-state index contributed by atoms with van der Waals surface area (Å²) >= 11 is 0. The lowest BCUT2D eigenvalue weighted by Gasteiger charge is -2.12. The Morgan fingerprint density at radius 2 is 1.90 bits per heavy atom. The number of carbonyl (C=O) groups excluding carboxylic acids is 1. The first-order valence-electron chi connectivity index (χ1n) is 6.12. The molecule has 1 aliphatic heterocycles. The Bertz CT molecular complexity index is 572. The zero-order chi connectivity index (χ0) is 15.4. The van der Waals surface area contributed by atoms with E-state index >= 15 is 0 Å². The normalized spacial score (nSPS) is 16.8. The predicted molar refractivity (Wildman–Crippen MR) is 71.9 cm³/mol. The highest BCUT2D eigenvalue weighted by Gasteiger charge is 2.32. The lowest BCUT2D eigenvalue weighted by Crippen LogP contribution is -2.22. The maximum Gasteiger partial charge on any atom is 0.350 e. The quantitative estimate of drug-likeness (QED) is 0.741. The fraction of sp³-hybridized carbons (Fsp3) is 0.462. The summed E-state index contributed by atoms with van der Waals surface area (Å²) in [5, 5.41) is 3.90. The molecule has 0 N–H and O–H groups in total. The molecule has 114 valence electrons. The third-order valence-corrected chi connectivity index (χ3v) is 2.97. The second kappa shape index (κ2) is 6.29. The molecule has 8 nitrogen and oxygen atoms in total. The molecular weight excluding hydrogens is 280 g/mol. The van der Waals surface area contributed by atoms with Crippen LogP contribution in [0.1, 0.15) is 12.0 Å². The molecule has 0 fully saturated rings. The van der Waals surface area contributed by atoms with Crippen LogP contribution in [0, 0.1) is 0 Å². The molecule has 1 aliphatic rings. The van der Waals surface area contributed by atoms with E-state index in [9.17, 15) is 4.79 Å². The van der Waals surface area contributed by atoms with Crippen LogP contribution in [0.4, 0.5) is 0 Å². The van der Waals surface area contributed by atoms with Gasteiger partial charge in [0.25, 0.3) is 5.88 Å². The fourth-order valence-electron chi connectivity index (χ4n) is 1.91. The third kappa shape index (κ3) is 2.83. The molecule has 1 atom stereocenters. The molecule has 0 radical (unpaired) electrons. The number of ether oxygens (including phenoxy) is 4. The Hall–Kier alpha value is -2.51. The number of pyridine rings is 1. The van der Waals surface area contributed by atoms with Crippen molar-refractivity contribution in [3.05, 3.63) is 11.6 Å². The van der Waals surface area contributed by atoms with Crippen molar-refractivity contribution in [2.24, 2.45) is 5.16 Å². The largest absolute Gasteiger partial charge is 0.491 e. The number of aromatic nitrogens is 1. The van der Waals surface area contributed by atoms with Crippen LogP contribution in [0.25, 0.3) is 0 Å². The van der Waals surface area contributed by atoms with Crippen molar-refractivity contribution in [3.63, 3.8) is 0 Å². The first-order chi connectivity index (χ1) is 10.1. The number of carbonyl (C=O) groups is 1. The van der Waals surface area contributed by atoms with Gasteiger partial charge in [-0.3, -0.25) is 0 Å². The summed E-state index contributed by atoms with van der Waals surface area (Å²) < 4.78 is 20.2. The average molecular weight is 296 g/mol. The molecule has 0 amide bonds. The van der Waals surface area contributed by atoms with E-state index in [1.165, 1.54) is 28.4 Å². The van der Waals surface area contributed by atoms with E-state index in [1.54, 1.807) is 6.07 Å². The van der Waals surface area contributed by atoms with Crippen LogP contribution in [0.15, 0.2) is 11.2 Å². The van der Waals surface area contributed by atoms with Gasteiger partial charge in [-0.1, -0.05) is 5.16 Å². The van der Waals surface area contributed by atoms with Crippen LogP contribution in [0.3, 0.4) is 0 Å². The lowest BCUT2D eigenvalue weighted by molar-refractivity contribution is -0.152. The maximum absolute atomic E-state index is 11.5. The van der Waals surface area contributed by atoms with E-state index < -0.39 is 12.1 Å². The summed E-state index contributed by atoms with van der Waals surface area (Å²) in [7, 11) is 5.75. The van der Waals surface area contributed by atoms with Crippen molar-refractivity contribution in [2.45, 2.75) is 12.5 Å². The summed E-state index contributed by atoms with van der Waals surface area (Å²) in [6, 6.07) is 1.67. The number of nitrogens with zero attached hydrogens (tertiary/aromatic N) is 2. The highest BCUT2D eigenvalue weighted by molar-refractivity contribution is 6.05. The standard InChI is InChI=1S/C13H16N2O6/c1-17-9-5-7(11(18-2)14-12(9)19-3)8-6-10(21-15-8)13(16)20-4/h5,10H,6H2,1-4H3. The topological polar surface area (TPSA) is 88.5 Å². The number of methoxy groups -OCH3 is 4. The minimum absolute atomic E-state index is 0.264. The van der Waals surface area contributed by atoms with Gasteiger partial charge in [0.2, 0.25) is 12.0 Å². The van der Waals surface area contributed by atoms with E-state index in [1.807, 2.05) is 0 Å². The molecule has 0 aromatic carbocycles. The SMILES string of the molecule is COC(=O)C1CC(c2cc(OC)c(OC)nc2OC)=NO1. The molecule has 2 rings (SSSR count). The van der Waals surface area contributed by atoms with E-state index in [-0.39, 0.29) is 6.42 Å². The molecule has 0 aliphatic carbocycles. The molecule has 2 heterocycles. The molecule has 21 heavy (non-hydrogen) atoms. The molecular formula is C13H16N2O6. The molecule has 8 heteroatoms. The summed E-state index contributed by atoms with van der Waals surface area (Å²) in [5.41, 5.74) is 1.09. The van der Waals surface area contributed by atoms with Gasteiger partial charge in [-0.15, -0.1) is 0 Å². The van der Waals surface area contributed by atoms with Gasteiger partial charge in [0.05, 0.1) is 39.7 Å². The second-order valence-corrected chi connectivity index (χ2v) is 4.12. The Morgan fingerprint density at radius 1 is 1.19 bits per heavy atom. The highest BCUT2D eigenvalue weighted by Crippen LogP contribution is 2.33. The van der Waals surface area contributed by atoms with Crippen molar-refractivity contribution in [3.8, 4) is 17.5 Å². The van der Waals surface area contributed by atoms with Gasteiger partial charge >= 0.3 is 5.97 Å². The molecule has 1 aromatic heterocycles. The molecule has 1 unspecified atom stereocenters. The molecule has 1 aromatic rings. The summed E-state index contributed by atoms with van der Waals surface area (Å²) in [5.74, 6) is 0.543. The van der Waals surface area contributed by atoms with Crippen molar-refractivity contribution < 1.29 is 28.6 Å². The molecule has 0 bridgehead atoms. The Labute approximate surface area is 121 Å². The van der Waals surface area contributed by atoms with Gasteiger partial charge in [-0.2, -0.15) is 4.98 Å². The van der Waals surface area contributed by atoms with Crippen LogP contribution in [0.2, 0.25) is 0 Å². The van der Waals surface area contributed by atoms with Crippen LogP contribution in [-0.2, 0) is 14.4 Å².